The quantitative estimate of drug-likeness (QED) is 0.915. The summed E-state index contributed by atoms with van der Waals surface area (Å²) < 4.78 is 19.2. The third-order valence-electron chi connectivity index (χ3n) is 3.59. The van der Waals surface area contributed by atoms with Crippen LogP contribution in [-0.4, -0.2) is 50.8 Å². The van der Waals surface area contributed by atoms with Gasteiger partial charge in [0.1, 0.15) is 5.82 Å². The molecule has 0 aromatic heterocycles. The van der Waals surface area contributed by atoms with E-state index < -0.39 is 0 Å². The summed E-state index contributed by atoms with van der Waals surface area (Å²) in [4.78, 5) is 2.24. The van der Waals surface area contributed by atoms with Crippen LogP contribution in [0, 0.1) is 5.82 Å². The molecule has 0 amide bonds. The first-order valence-electron chi connectivity index (χ1n) is 6.52. The fourth-order valence-corrected chi connectivity index (χ4v) is 2.62. The second-order valence-electron chi connectivity index (χ2n) is 4.98. The van der Waals surface area contributed by atoms with E-state index in [-0.39, 0.29) is 23.0 Å². The Morgan fingerprint density at radius 2 is 2.37 bits per heavy atom. The molecule has 0 bridgehead atoms. The first-order chi connectivity index (χ1) is 9.11. The number of nitrogens with one attached hydrogen (secondary N) is 1. The van der Waals surface area contributed by atoms with Crippen LogP contribution in [0.4, 0.5) is 4.39 Å². The van der Waals surface area contributed by atoms with Gasteiger partial charge in [-0.3, -0.25) is 0 Å². The van der Waals surface area contributed by atoms with Gasteiger partial charge in [0.15, 0.2) is 0 Å². The van der Waals surface area contributed by atoms with E-state index in [1.54, 1.807) is 6.07 Å². The van der Waals surface area contributed by atoms with Gasteiger partial charge in [-0.05, 0) is 32.1 Å². The molecule has 1 N–H and O–H groups in total. The second-order valence-corrected chi connectivity index (χ2v) is 5.36. The molecule has 0 spiro atoms. The number of likely N-dealkylation sites (N-methyl/N-ethyl adjacent to an activating group) is 2. The Morgan fingerprint density at radius 1 is 1.58 bits per heavy atom. The van der Waals surface area contributed by atoms with E-state index in [4.69, 9.17) is 16.3 Å². The summed E-state index contributed by atoms with van der Waals surface area (Å²) in [6.45, 7) is 2.56. The normalized spacial score (nSPS) is 22.4. The third kappa shape index (κ3) is 3.66. The summed E-state index contributed by atoms with van der Waals surface area (Å²) in [5, 5.41) is 3.47. The molecular weight excluding hydrogens is 267 g/mol. The number of benzene rings is 1. The molecule has 5 heteroatoms. The minimum absolute atomic E-state index is 0.100. The summed E-state index contributed by atoms with van der Waals surface area (Å²) in [5.41, 5.74) is 0.817. The number of ether oxygens (including phenoxy) is 1. The van der Waals surface area contributed by atoms with Gasteiger partial charge in [-0.2, -0.15) is 0 Å². The van der Waals surface area contributed by atoms with Crippen LogP contribution in [0.3, 0.4) is 0 Å². The minimum atomic E-state index is -0.365. The molecule has 1 aliphatic rings. The summed E-state index contributed by atoms with van der Waals surface area (Å²) in [6.07, 6.45) is 0.758. The molecule has 1 aromatic carbocycles. The van der Waals surface area contributed by atoms with Gasteiger partial charge >= 0.3 is 0 Å². The fraction of sp³-hybridized carbons (Fsp3) is 0.571. The van der Waals surface area contributed by atoms with Crippen molar-refractivity contribution >= 4 is 11.6 Å². The van der Waals surface area contributed by atoms with Crippen LogP contribution in [-0.2, 0) is 11.2 Å². The van der Waals surface area contributed by atoms with Crippen molar-refractivity contribution in [1.82, 2.24) is 10.2 Å². The molecule has 19 heavy (non-hydrogen) atoms. The van der Waals surface area contributed by atoms with Crippen molar-refractivity contribution in [2.75, 3.05) is 33.8 Å². The molecule has 2 rings (SSSR count). The van der Waals surface area contributed by atoms with Gasteiger partial charge < -0.3 is 15.0 Å². The lowest BCUT2D eigenvalue weighted by Gasteiger charge is -2.35. The molecule has 1 aliphatic heterocycles. The minimum Gasteiger partial charge on any atom is -0.374 e. The van der Waals surface area contributed by atoms with E-state index in [0.717, 1.165) is 25.3 Å². The van der Waals surface area contributed by atoms with Gasteiger partial charge in [0.25, 0.3) is 0 Å². The first kappa shape index (κ1) is 14.7. The zero-order valence-corrected chi connectivity index (χ0v) is 12.1. The lowest BCUT2D eigenvalue weighted by molar-refractivity contribution is -0.0372. The van der Waals surface area contributed by atoms with Gasteiger partial charge in [-0.25, -0.2) is 4.39 Å². The average molecular weight is 287 g/mol. The molecule has 0 saturated carbocycles. The smallest absolute Gasteiger partial charge is 0.142 e. The number of halogens is 2. The van der Waals surface area contributed by atoms with Crippen molar-refractivity contribution in [2.24, 2.45) is 0 Å². The van der Waals surface area contributed by atoms with Gasteiger partial charge in [0.05, 0.1) is 17.7 Å². The Labute approximate surface area is 118 Å². The predicted octanol–water partition coefficient (Wildman–Crippen LogP) is 1.94. The topological polar surface area (TPSA) is 24.5 Å². The Morgan fingerprint density at radius 3 is 3.05 bits per heavy atom. The molecule has 3 nitrogen and oxygen atoms in total. The van der Waals surface area contributed by atoms with E-state index in [1.165, 1.54) is 6.07 Å². The van der Waals surface area contributed by atoms with Crippen LogP contribution in [0.2, 0.25) is 5.02 Å². The zero-order chi connectivity index (χ0) is 13.8. The molecule has 106 valence electrons. The largest absolute Gasteiger partial charge is 0.374 e. The highest BCUT2D eigenvalue weighted by atomic mass is 35.5. The molecule has 1 fully saturated rings. The lowest BCUT2D eigenvalue weighted by Crippen LogP contribution is -2.51. The summed E-state index contributed by atoms with van der Waals surface area (Å²) in [5.74, 6) is -0.365. The first-order valence-corrected chi connectivity index (χ1v) is 6.90. The SMILES string of the molecule is CNC(Cc1cccc(F)c1Cl)C1CN(C)CCO1. The van der Waals surface area contributed by atoms with Crippen molar-refractivity contribution in [2.45, 2.75) is 18.6 Å². The van der Waals surface area contributed by atoms with Crippen LogP contribution in [0.1, 0.15) is 5.56 Å². The number of nitrogens with zero attached hydrogens (tertiary/aromatic N) is 1. The standard InChI is InChI=1S/C14H20ClFN2O/c1-17-12(13-9-18(2)6-7-19-13)8-10-4-3-5-11(16)14(10)15/h3-5,12-13,17H,6-9H2,1-2H3. The fourth-order valence-electron chi connectivity index (χ4n) is 2.42. The molecule has 2 atom stereocenters. The van der Waals surface area contributed by atoms with Crippen molar-refractivity contribution in [1.29, 1.82) is 0 Å². The summed E-state index contributed by atoms with van der Waals surface area (Å²) >= 11 is 6.01. The summed E-state index contributed by atoms with van der Waals surface area (Å²) in [7, 11) is 3.98. The van der Waals surface area contributed by atoms with Crippen LogP contribution in [0.15, 0.2) is 18.2 Å². The number of rotatable bonds is 4. The van der Waals surface area contributed by atoms with Crippen LogP contribution >= 0.6 is 11.6 Å². The van der Waals surface area contributed by atoms with Crippen molar-refractivity contribution in [3.05, 3.63) is 34.6 Å². The molecule has 2 unspecified atom stereocenters. The molecular formula is C14H20ClFN2O. The monoisotopic (exact) mass is 286 g/mol. The Balaban J connectivity index is 2.08. The number of hydrogen-bond acceptors (Lipinski definition) is 3. The molecule has 1 heterocycles. The van der Waals surface area contributed by atoms with Gasteiger partial charge in [0.2, 0.25) is 0 Å². The maximum absolute atomic E-state index is 13.4. The van der Waals surface area contributed by atoms with Crippen LogP contribution in [0.5, 0.6) is 0 Å². The Bertz CT molecular complexity index is 430. The molecule has 1 saturated heterocycles. The van der Waals surface area contributed by atoms with Crippen molar-refractivity contribution < 1.29 is 9.13 Å². The van der Waals surface area contributed by atoms with Gasteiger partial charge in [-0.1, -0.05) is 23.7 Å². The highest BCUT2D eigenvalue weighted by molar-refractivity contribution is 6.31. The average Bonchev–Trinajstić information content (AvgIpc) is 2.40. The van der Waals surface area contributed by atoms with Crippen LogP contribution < -0.4 is 5.32 Å². The maximum Gasteiger partial charge on any atom is 0.142 e. The third-order valence-corrected chi connectivity index (χ3v) is 4.01. The zero-order valence-electron chi connectivity index (χ0n) is 11.3. The van der Waals surface area contributed by atoms with E-state index in [0.29, 0.717) is 6.42 Å². The van der Waals surface area contributed by atoms with Gasteiger partial charge in [0, 0.05) is 19.1 Å². The van der Waals surface area contributed by atoms with Crippen LogP contribution in [0.25, 0.3) is 0 Å². The van der Waals surface area contributed by atoms with Crippen molar-refractivity contribution in [3.8, 4) is 0 Å². The maximum atomic E-state index is 13.4. The second kappa shape index (κ2) is 6.66. The van der Waals surface area contributed by atoms with E-state index in [9.17, 15) is 4.39 Å². The lowest BCUT2D eigenvalue weighted by atomic mass is 10.00. The van der Waals surface area contributed by atoms with Crippen molar-refractivity contribution in [3.63, 3.8) is 0 Å². The molecule has 0 radical (unpaired) electrons. The predicted molar refractivity (Wildman–Crippen MR) is 75.2 cm³/mol. The molecule has 0 aliphatic carbocycles. The van der Waals surface area contributed by atoms with E-state index in [1.807, 2.05) is 13.1 Å². The highest BCUT2D eigenvalue weighted by Crippen LogP contribution is 2.22. The highest BCUT2D eigenvalue weighted by Gasteiger charge is 2.26. The Kier molecular flexibility index (Phi) is 5.16. The van der Waals surface area contributed by atoms with E-state index in [2.05, 4.69) is 17.3 Å². The Hall–Kier alpha value is -0.680. The van der Waals surface area contributed by atoms with Gasteiger partial charge in [-0.15, -0.1) is 0 Å². The number of hydrogen-bond donors (Lipinski definition) is 1. The summed E-state index contributed by atoms with van der Waals surface area (Å²) in [6, 6.07) is 5.06. The van der Waals surface area contributed by atoms with E-state index >= 15 is 0 Å². The number of morpholine rings is 1. The molecule has 1 aromatic rings.